The second kappa shape index (κ2) is 10.2. The molecule has 0 atom stereocenters. The molecule has 0 aliphatic carbocycles. The van der Waals surface area contributed by atoms with Crippen molar-refractivity contribution in [2.45, 2.75) is 27.7 Å². The minimum Gasteiger partial charge on any atom is -0.372 e. The predicted molar refractivity (Wildman–Crippen MR) is 135 cm³/mol. The van der Waals surface area contributed by atoms with Crippen LogP contribution in [-0.2, 0) is 0 Å². The first kappa shape index (κ1) is 21.8. The lowest BCUT2D eigenvalue weighted by Crippen LogP contribution is -2.47. The Morgan fingerprint density at radius 2 is 1.03 bits per heavy atom. The zero-order valence-electron chi connectivity index (χ0n) is 18.0. The van der Waals surface area contributed by atoms with Crippen LogP contribution in [0.5, 0.6) is 0 Å². The first-order chi connectivity index (χ1) is 14.1. The molecular formula is C23H32N4S2. The molecular weight excluding hydrogens is 396 g/mol. The third kappa shape index (κ3) is 4.81. The Morgan fingerprint density at radius 3 is 1.34 bits per heavy atom. The molecule has 1 aliphatic rings. The molecule has 0 aromatic heterocycles. The van der Waals surface area contributed by atoms with E-state index in [-0.39, 0.29) is 0 Å². The number of hydrogen-bond donors (Lipinski definition) is 0. The summed E-state index contributed by atoms with van der Waals surface area (Å²) in [5.41, 5.74) is 4.84. The molecule has 1 fully saturated rings. The molecule has 0 bridgehead atoms. The number of hydrogen-bond acceptors (Lipinski definition) is 4. The van der Waals surface area contributed by atoms with Gasteiger partial charge >= 0.3 is 0 Å². The summed E-state index contributed by atoms with van der Waals surface area (Å²) in [6, 6.07) is 17.6. The van der Waals surface area contributed by atoms with Crippen molar-refractivity contribution in [3.8, 4) is 0 Å². The van der Waals surface area contributed by atoms with Gasteiger partial charge in [-0.3, -0.25) is 0 Å². The smallest absolute Gasteiger partial charge is 0.182 e. The zero-order chi connectivity index (χ0) is 20.8. The molecule has 1 heterocycles. The second-order valence-electron chi connectivity index (χ2n) is 6.98. The molecule has 0 amide bonds. The van der Waals surface area contributed by atoms with Crippen LogP contribution in [0, 0.1) is 0 Å². The molecule has 1 saturated heterocycles. The van der Waals surface area contributed by atoms with Gasteiger partial charge in [-0.25, -0.2) is 0 Å². The average Bonchev–Trinajstić information content (AvgIpc) is 2.77. The summed E-state index contributed by atoms with van der Waals surface area (Å²) >= 11 is 7.78. The van der Waals surface area contributed by atoms with Crippen LogP contribution in [0.2, 0.25) is 0 Å². The SMILES string of the molecule is CCN(CC)c1ccc(N2CSCN(c3ccc(N(CC)CC)cc3)C2=S)cc1. The molecule has 2 aromatic rings. The number of anilines is 4. The Balaban J connectivity index is 1.76. The highest BCUT2D eigenvalue weighted by Crippen LogP contribution is 2.31. The summed E-state index contributed by atoms with van der Waals surface area (Å²) in [6.07, 6.45) is 0. The maximum Gasteiger partial charge on any atom is 0.182 e. The fourth-order valence-electron chi connectivity index (χ4n) is 3.71. The lowest BCUT2D eigenvalue weighted by molar-refractivity contribution is 0.866. The molecule has 0 radical (unpaired) electrons. The van der Waals surface area contributed by atoms with E-state index in [0.717, 1.165) is 54.4 Å². The van der Waals surface area contributed by atoms with E-state index in [9.17, 15) is 0 Å². The molecule has 1 aliphatic heterocycles. The lowest BCUT2D eigenvalue weighted by Gasteiger charge is -2.38. The average molecular weight is 429 g/mol. The third-order valence-corrected chi connectivity index (χ3v) is 6.80. The van der Waals surface area contributed by atoms with E-state index in [1.54, 1.807) is 0 Å². The maximum absolute atomic E-state index is 5.89. The van der Waals surface area contributed by atoms with Gasteiger partial charge in [-0.15, -0.1) is 11.8 Å². The predicted octanol–water partition coefficient (Wildman–Crippen LogP) is 5.64. The minimum atomic E-state index is 0.870. The number of nitrogens with zero attached hydrogens (tertiary/aromatic N) is 4. The van der Waals surface area contributed by atoms with E-state index >= 15 is 0 Å². The van der Waals surface area contributed by atoms with Gasteiger partial charge in [0.2, 0.25) is 0 Å². The van der Waals surface area contributed by atoms with E-state index < -0.39 is 0 Å². The monoisotopic (exact) mass is 428 g/mol. The minimum absolute atomic E-state index is 0.870. The Hall–Kier alpha value is -1.92. The van der Waals surface area contributed by atoms with Crippen molar-refractivity contribution < 1.29 is 0 Å². The Labute approximate surface area is 185 Å². The van der Waals surface area contributed by atoms with Gasteiger partial charge in [0.15, 0.2) is 5.11 Å². The van der Waals surface area contributed by atoms with Crippen LogP contribution in [0.1, 0.15) is 27.7 Å². The van der Waals surface area contributed by atoms with Gasteiger partial charge in [0.25, 0.3) is 0 Å². The van der Waals surface area contributed by atoms with Crippen LogP contribution in [-0.4, -0.2) is 43.0 Å². The number of thioether (sulfide) groups is 1. The van der Waals surface area contributed by atoms with Gasteiger partial charge in [0.1, 0.15) is 0 Å². The highest BCUT2D eigenvalue weighted by molar-refractivity contribution is 7.99. The van der Waals surface area contributed by atoms with E-state index in [4.69, 9.17) is 12.2 Å². The molecule has 3 rings (SSSR count). The van der Waals surface area contributed by atoms with Crippen LogP contribution in [0.25, 0.3) is 0 Å². The molecule has 156 valence electrons. The standard InChI is InChI=1S/C23H32N4S2/c1-5-24(6-2)19-9-13-21(14-10-19)26-17-29-18-27(23(26)28)22-15-11-20(12-16-22)25(7-3)8-4/h9-16H,5-8,17-18H2,1-4H3. The molecule has 29 heavy (non-hydrogen) atoms. The number of thiocarbonyl (C=S) groups is 1. The summed E-state index contributed by atoms with van der Waals surface area (Å²) in [5, 5.41) is 0.870. The highest BCUT2D eigenvalue weighted by atomic mass is 32.2. The summed E-state index contributed by atoms with van der Waals surface area (Å²) in [4.78, 5) is 9.18. The van der Waals surface area contributed by atoms with Gasteiger partial charge in [-0.05, 0) is 88.4 Å². The van der Waals surface area contributed by atoms with Crippen molar-refractivity contribution in [2.75, 3.05) is 57.5 Å². The Bertz CT molecular complexity index is 718. The van der Waals surface area contributed by atoms with Gasteiger partial charge in [-0.2, -0.15) is 0 Å². The molecule has 0 saturated carbocycles. The summed E-state index contributed by atoms with van der Waals surface area (Å²) in [7, 11) is 0. The molecule has 0 spiro atoms. The molecule has 2 aromatic carbocycles. The topological polar surface area (TPSA) is 13.0 Å². The van der Waals surface area contributed by atoms with Crippen molar-refractivity contribution in [2.24, 2.45) is 0 Å². The van der Waals surface area contributed by atoms with E-state index in [1.165, 1.54) is 11.4 Å². The van der Waals surface area contributed by atoms with Gasteiger partial charge in [0, 0.05) is 48.9 Å². The van der Waals surface area contributed by atoms with Crippen molar-refractivity contribution in [3.05, 3.63) is 48.5 Å². The number of rotatable bonds is 8. The molecule has 0 N–H and O–H groups in total. The van der Waals surface area contributed by atoms with E-state index in [1.807, 2.05) is 11.8 Å². The van der Waals surface area contributed by atoms with E-state index in [0.29, 0.717) is 0 Å². The fraction of sp³-hybridized carbons (Fsp3) is 0.435. The lowest BCUT2D eigenvalue weighted by atomic mass is 10.2. The fourth-order valence-corrected chi connectivity index (χ4v) is 5.21. The van der Waals surface area contributed by atoms with Crippen molar-refractivity contribution >= 4 is 51.8 Å². The summed E-state index contributed by atoms with van der Waals surface area (Å²) in [5.74, 6) is 1.77. The quantitative estimate of drug-likeness (QED) is 0.501. The van der Waals surface area contributed by atoms with Gasteiger partial charge in [-0.1, -0.05) is 0 Å². The largest absolute Gasteiger partial charge is 0.372 e. The van der Waals surface area contributed by atoms with E-state index in [2.05, 4.69) is 95.8 Å². The first-order valence-electron chi connectivity index (χ1n) is 10.5. The maximum atomic E-state index is 5.89. The van der Waals surface area contributed by atoms with Crippen molar-refractivity contribution in [1.82, 2.24) is 0 Å². The Kier molecular flexibility index (Phi) is 7.67. The molecule has 0 unspecified atom stereocenters. The van der Waals surface area contributed by atoms with Gasteiger partial charge < -0.3 is 19.6 Å². The van der Waals surface area contributed by atoms with Crippen molar-refractivity contribution in [3.63, 3.8) is 0 Å². The first-order valence-corrected chi connectivity index (χ1v) is 12.1. The Morgan fingerprint density at radius 1 is 0.690 bits per heavy atom. The summed E-state index contributed by atoms with van der Waals surface area (Å²) < 4.78 is 0. The number of benzene rings is 2. The zero-order valence-corrected chi connectivity index (χ0v) is 19.6. The normalized spacial score (nSPS) is 14.3. The van der Waals surface area contributed by atoms with Crippen LogP contribution in [0.3, 0.4) is 0 Å². The van der Waals surface area contributed by atoms with Gasteiger partial charge in [0.05, 0.1) is 11.8 Å². The van der Waals surface area contributed by atoms with Crippen LogP contribution in [0.15, 0.2) is 48.5 Å². The molecule has 4 nitrogen and oxygen atoms in total. The highest BCUT2D eigenvalue weighted by Gasteiger charge is 2.25. The van der Waals surface area contributed by atoms with Crippen molar-refractivity contribution in [1.29, 1.82) is 0 Å². The molecule has 6 heteroatoms. The third-order valence-electron chi connectivity index (χ3n) is 5.48. The van der Waals surface area contributed by atoms with Crippen LogP contribution in [0.4, 0.5) is 22.7 Å². The summed E-state index contributed by atoms with van der Waals surface area (Å²) in [6.45, 7) is 12.8. The second-order valence-corrected chi connectivity index (χ2v) is 8.27. The van der Waals surface area contributed by atoms with Crippen LogP contribution >= 0.6 is 24.0 Å². The van der Waals surface area contributed by atoms with Crippen LogP contribution < -0.4 is 19.6 Å².